The highest BCUT2D eigenvalue weighted by Crippen LogP contribution is 2.38. The predicted octanol–water partition coefficient (Wildman–Crippen LogP) is 2.09. The Morgan fingerprint density at radius 2 is 2.05 bits per heavy atom. The van der Waals surface area contributed by atoms with Crippen molar-refractivity contribution in [3.05, 3.63) is 18.0 Å². The van der Waals surface area contributed by atoms with Crippen LogP contribution in [0.3, 0.4) is 0 Å². The minimum Gasteiger partial charge on any atom is -0.346 e. The molecule has 0 spiro atoms. The average molecular weight is 311 g/mol. The normalized spacial score (nSPS) is 19.4. The minimum atomic E-state index is -3.38. The van der Waals surface area contributed by atoms with E-state index in [0.29, 0.717) is 36.5 Å². The fourth-order valence-corrected chi connectivity index (χ4v) is 4.45. The van der Waals surface area contributed by atoms with Crippen LogP contribution in [0.5, 0.6) is 0 Å². The maximum atomic E-state index is 12.9. The molecule has 2 aliphatic carbocycles. The molecule has 1 heterocycles. The molecule has 0 radical (unpaired) electrons. The van der Waals surface area contributed by atoms with E-state index in [0.717, 1.165) is 37.8 Å². The van der Waals surface area contributed by atoms with E-state index in [-0.39, 0.29) is 0 Å². The van der Waals surface area contributed by atoms with E-state index in [4.69, 9.17) is 5.73 Å². The third kappa shape index (κ3) is 3.17. The molecule has 1 aromatic heterocycles. The molecule has 0 unspecified atom stereocenters. The minimum absolute atomic E-state index is 0.391. The molecule has 0 saturated heterocycles. The number of aromatic nitrogens is 1. The molecular weight excluding hydrogens is 286 g/mol. The Kier molecular flexibility index (Phi) is 4.12. The van der Waals surface area contributed by atoms with Gasteiger partial charge in [-0.05, 0) is 44.1 Å². The van der Waals surface area contributed by atoms with Crippen molar-refractivity contribution >= 4 is 10.0 Å². The topological polar surface area (TPSA) is 68.3 Å². The second-order valence-electron chi connectivity index (χ2n) is 6.32. The highest BCUT2D eigenvalue weighted by Gasteiger charge is 2.33. The zero-order valence-corrected chi connectivity index (χ0v) is 13.5. The Morgan fingerprint density at radius 3 is 2.57 bits per heavy atom. The van der Waals surface area contributed by atoms with Gasteiger partial charge in [-0.3, -0.25) is 0 Å². The molecule has 0 atom stereocenters. The summed E-state index contributed by atoms with van der Waals surface area (Å²) in [5.41, 5.74) is 6.70. The van der Waals surface area contributed by atoms with Gasteiger partial charge in [-0.15, -0.1) is 0 Å². The van der Waals surface area contributed by atoms with Crippen molar-refractivity contribution in [3.63, 3.8) is 0 Å². The lowest BCUT2D eigenvalue weighted by Crippen LogP contribution is -2.33. The smallest absolute Gasteiger partial charge is 0.244 e. The summed E-state index contributed by atoms with van der Waals surface area (Å²) in [6.07, 6.45) is 7.22. The molecule has 118 valence electrons. The second kappa shape index (κ2) is 5.74. The zero-order valence-electron chi connectivity index (χ0n) is 12.7. The van der Waals surface area contributed by atoms with E-state index < -0.39 is 10.0 Å². The first-order chi connectivity index (χ1) is 10.1. The maximum absolute atomic E-state index is 12.9. The van der Waals surface area contributed by atoms with Gasteiger partial charge in [0.2, 0.25) is 10.0 Å². The van der Waals surface area contributed by atoms with Crippen LogP contribution in [0.4, 0.5) is 0 Å². The number of sulfonamides is 1. The van der Waals surface area contributed by atoms with Crippen LogP contribution in [0.2, 0.25) is 0 Å². The van der Waals surface area contributed by atoms with Gasteiger partial charge in [0, 0.05) is 37.6 Å². The number of hydrogen-bond acceptors (Lipinski definition) is 3. The zero-order chi connectivity index (χ0) is 15.0. The van der Waals surface area contributed by atoms with E-state index in [1.165, 1.54) is 0 Å². The van der Waals surface area contributed by atoms with Gasteiger partial charge in [0.1, 0.15) is 4.90 Å². The first-order valence-electron chi connectivity index (χ1n) is 7.97. The van der Waals surface area contributed by atoms with Gasteiger partial charge in [0.25, 0.3) is 0 Å². The molecule has 0 bridgehead atoms. The number of hydrogen-bond donors (Lipinski definition) is 1. The van der Waals surface area contributed by atoms with E-state index >= 15 is 0 Å². The molecule has 2 N–H and O–H groups in total. The van der Waals surface area contributed by atoms with Gasteiger partial charge < -0.3 is 10.3 Å². The quantitative estimate of drug-likeness (QED) is 0.799. The summed E-state index contributed by atoms with van der Waals surface area (Å²) in [7, 11) is -3.38. The van der Waals surface area contributed by atoms with E-state index in [1.807, 2.05) is 6.92 Å². The van der Waals surface area contributed by atoms with Gasteiger partial charge in [-0.2, -0.15) is 4.31 Å². The van der Waals surface area contributed by atoms with Crippen LogP contribution >= 0.6 is 0 Å². The summed E-state index contributed by atoms with van der Waals surface area (Å²) in [5.74, 6) is 0.561. The molecule has 1 aromatic rings. The lowest BCUT2D eigenvalue weighted by molar-refractivity contribution is 0.395. The monoisotopic (exact) mass is 311 g/mol. The fraction of sp³-hybridized carbons (Fsp3) is 0.733. The average Bonchev–Trinajstić information content (AvgIpc) is 3.37. The van der Waals surface area contributed by atoms with Crippen LogP contribution in [-0.2, 0) is 16.6 Å². The highest BCUT2D eigenvalue weighted by atomic mass is 32.2. The van der Waals surface area contributed by atoms with Crippen LogP contribution in [-0.4, -0.2) is 30.4 Å². The lowest BCUT2D eigenvalue weighted by atomic mass is 10.4. The Bertz CT molecular complexity index is 600. The van der Waals surface area contributed by atoms with Crippen LogP contribution in [0.25, 0.3) is 0 Å². The van der Waals surface area contributed by atoms with Crippen LogP contribution < -0.4 is 5.73 Å². The largest absolute Gasteiger partial charge is 0.346 e. The summed E-state index contributed by atoms with van der Waals surface area (Å²) < 4.78 is 29.5. The molecule has 6 heteroatoms. The summed E-state index contributed by atoms with van der Waals surface area (Å²) in [6, 6.07) is 2.22. The number of nitrogens with zero attached hydrogens (tertiary/aromatic N) is 2. The summed E-state index contributed by atoms with van der Waals surface area (Å²) in [6.45, 7) is 3.69. The van der Waals surface area contributed by atoms with Crippen molar-refractivity contribution in [2.45, 2.75) is 56.5 Å². The molecule has 0 aromatic carbocycles. The first-order valence-corrected chi connectivity index (χ1v) is 9.41. The molecule has 0 amide bonds. The Hall–Kier alpha value is -0.850. The molecule has 21 heavy (non-hydrogen) atoms. The molecule has 0 aliphatic heterocycles. The van der Waals surface area contributed by atoms with Crippen molar-refractivity contribution in [1.82, 2.24) is 8.87 Å². The van der Waals surface area contributed by atoms with E-state index in [1.54, 1.807) is 16.6 Å². The predicted molar refractivity (Wildman–Crippen MR) is 82.4 cm³/mol. The van der Waals surface area contributed by atoms with Crippen molar-refractivity contribution in [2.75, 3.05) is 13.1 Å². The third-order valence-electron chi connectivity index (χ3n) is 4.33. The van der Waals surface area contributed by atoms with Crippen LogP contribution in [0, 0.1) is 5.92 Å². The van der Waals surface area contributed by atoms with E-state index in [2.05, 4.69) is 4.57 Å². The summed E-state index contributed by atoms with van der Waals surface area (Å²) in [5, 5.41) is 0. The third-order valence-corrected chi connectivity index (χ3v) is 6.16. The number of rotatable bonds is 8. The molecular formula is C15H25N3O2S. The van der Waals surface area contributed by atoms with Crippen molar-refractivity contribution < 1.29 is 8.42 Å². The van der Waals surface area contributed by atoms with Gasteiger partial charge >= 0.3 is 0 Å². The van der Waals surface area contributed by atoms with Gasteiger partial charge in [-0.25, -0.2) is 8.42 Å². The summed E-state index contributed by atoms with van der Waals surface area (Å²) in [4.78, 5) is 0.420. The van der Waals surface area contributed by atoms with Crippen molar-refractivity contribution in [1.29, 1.82) is 0 Å². The molecule has 3 rings (SSSR count). The van der Waals surface area contributed by atoms with Crippen molar-refractivity contribution in [3.8, 4) is 0 Å². The van der Waals surface area contributed by atoms with Gasteiger partial charge in [0.15, 0.2) is 0 Å². The van der Waals surface area contributed by atoms with Crippen molar-refractivity contribution in [2.24, 2.45) is 11.7 Å². The summed E-state index contributed by atoms with van der Waals surface area (Å²) >= 11 is 0. The first kappa shape index (κ1) is 15.1. The molecule has 5 nitrogen and oxygen atoms in total. The Labute approximate surface area is 127 Å². The standard InChI is InChI=1S/C15H25N3O2S/c1-2-7-17(10-12-3-4-12)21(19,20)15-8-14(9-16)18(11-15)13-5-6-13/h8,11-13H,2-7,9-10,16H2,1H3. The van der Waals surface area contributed by atoms with E-state index in [9.17, 15) is 8.42 Å². The molecule has 2 aliphatic rings. The van der Waals surface area contributed by atoms with Crippen LogP contribution in [0.1, 0.15) is 50.8 Å². The molecule has 2 fully saturated rings. The fourth-order valence-electron chi connectivity index (χ4n) is 2.79. The lowest BCUT2D eigenvalue weighted by Gasteiger charge is -2.20. The van der Waals surface area contributed by atoms with Gasteiger partial charge in [0.05, 0.1) is 0 Å². The highest BCUT2D eigenvalue weighted by molar-refractivity contribution is 7.89. The molecule has 2 saturated carbocycles. The Morgan fingerprint density at radius 1 is 1.33 bits per heavy atom. The maximum Gasteiger partial charge on any atom is 0.244 e. The SMILES string of the molecule is CCCN(CC1CC1)S(=O)(=O)c1cc(CN)n(C2CC2)c1. The number of nitrogens with two attached hydrogens (primary N) is 1. The van der Waals surface area contributed by atoms with Crippen LogP contribution in [0.15, 0.2) is 17.2 Å². The van der Waals surface area contributed by atoms with Gasteiger partial charge in [-0.1, -0.05) is 6.92 Å². The Balaban J connectivity index is 1.87. The second-order valence-corrected chi connectivity index (χ2v) is 8.25.